The van der Waals surface area contributed by atoms with Gasteiger partial charge in [0.25, 0.3) is 5.91 Å². The van der Waals surface area contributed by atoms with Crippen LogP contribution in [0.4, 0.5) is 0 Å². The average molecular weight is 398 g/mol. The van der Waals surface area contributed by atoms with Crippen molar-refractivity contribution in [3.63, 3.8) is 0 Å². The zero-order valence-electron chi connectivity index (χ0n) is 18.2. The van der Waals surface area contributed by atoms with Crippen LogP contribution in [0, 0.1) is 13.8 Å². The van der Waals surface area contributed by atoms with Gasteiger partial charge in [-0.3, -0.25) is 4.79 Å². The lowest BCUT2D eigenvalue weighted by Crippen LogP contribution is -2.45. The number of fused-ring (bicyclic) bond motifs is 1. The second kappa shape index (κ2) is 8.36. The molecule has 29 heavy (non-hydrogen) atoms. The monoisotopic (exact) mass is 397 g/mol. The van der Waals surface area contributed by atoms with Crippen LogP contribution in [0.15, 0.2) is 36.4 Å². The van der Waals surface area contributed by atoms with E-state index in [1.165, 1.54) is 0 Å². The zero-order chi connectivity index (χ0) is 21.2. The largest absolute Gasteiger partial charge is 0.497 e. The van der Waals surface area contributed by atoms with E-state index in [4.69, 9.17) is 14.2 Å². The number of rotatable bonds is 6. The number of aryl methyl sites for hydroxylation is 2. The molecule has 1 amide bonds. The molecule has 2 aromatic carbocycles. The summed E-state index contributed by atoms with van der Waals surface area (Å²) in [4.78, 5) is 13.1. The molecule has 0 spiro atoms. The zero-order valence-corrected chi connectivity index (χ0v) is 18.2. The smallest absolute Gasteiger partial charge is 0.261 e. The maximum atomic E-state index is 13.1. The lowest BCUT2D eigenvalue weighted by atomic mass is 9.89. The van der Waals surface area contributed by atoms with Crippen LogP contribution in [0.25, 0.3) is 0 Å². The normalized spacial score (nSPS) is 18.2. The van der Waals surface area contributed by atoms with E-state index in [9.17, 15) is 4.79 Å². The molecule has 0 aliphatic carbocycles. The molecular weight excluding hydrogens is 366 g/mol. The molecule has 3 rings (SSSR count). The minimum absolute atomic E-state index is 0.115. The molecule has 2 aromatic rings. The summed E-state index contributed by atoms with van der Waals surface area (Å²) in [5, 5.41) is 3.18. The van der Waals surface area contributed by atoms with E-state index in [-0.39, 0.29) is 11.9 Å². The van der Waals surface area contributed by atoms with Gasteiger partial charge in [0.05, 0.1) is 13.2 Å². The van der Waals surface area contributed by atoms with Gasteiger partial charge >= 0.3 is 0 Å². The van der Waals surface area contributed by atoms with Crippen molar-refractivity contribution in [2.24, 2.45) is 0 Å². The van der Waals surface area contributed by atoms with Gasteiger partial charge in [0.1, 0.15) is 22.8 Å². The number of benzene rings is 2. The number of nitrogens with one attached hydrogen (secondary N) is 1. The van der Waals surface area contributed by atoms with E-state index in [1.54, 1.807) is 7.11 Å². The van der Waals surface area contributed by atoms with Gasteiger partial charge in [-0.2, -0.15) is 0 Å². The number of hydrogen-bond acceptors (Lipinski definition) is 4. The first kappa shape index (κ1) is 21.0. The van der Waals surface area contributed by atoms with Crippen LogP contribution in [0.3, 0.4) is 0 Å². The number of methoxy groups -OCH3 is 1. The summed E-state index contributed by atoms with van der Waals surface area (Å²) in [7, 11) is 1.63. The van der Waals surface area contributed by atoms with E-state index < -0.39 is 11.7 Å². The van der Waals surface area contributed by atoms with Gasteiger partial charge < -0.3 is 19.5 Å². The minimum atomic E-state index is -0.552. The molecule has 0 fully saturated rings. The van der Waals surface area contributed by atoms with E-state index in [0.29, 0.717) is 12.8 Å². The maximum Gasteiger partial charge on any atom is 0.261 e. The maximum absolute atomic E-state index is 13.1. The highest BCUT2D eigenvalue weighted by atomic mass is 16.5. The SMILES string of the molecule is CC[C@H](Oc1cc(C)cc(C)c1)C(=O)N[C@H]1CC(C)(C)Oc2cc(OC)ccc21. The van der Waals surface area contributed by atoms with Crippen molar-refractivity contribution in [2.45, 2.75) is 65.2 Å². The third-order valence-electron chi connectivity index (χ3n) is 5.13. The van der Waals surface area contributed by atoms with Gasteiger partial charge in [-0.15, -0.1) is 0 Å². The van der Waals surface area contributed by atoms with Crippen LogP contribution in [-0.2, 0) is 4.79 Å². The summed E-state index contributed by atoms with van der Waals surface area (Å²) in [6.45, 7) is 10.1. The van der Waals surface area contributed by atoms with Crippen LogP contribution in [0.1, 0.15) is 56.3 Å². The average Bonchev–Trinajstić information content (AvgIpc) is 2.63. The third kappa shape index (κ3) is 5.03. The molecule has 1 heterocycles. The predicted molar refractivity (Wildman–Crippen MR) is 114 cm³/mol. The Balaban J connectivity index is 1.79. The van der Waals surface area contributed by atoms with Gasteiger partial charge in [0.15, 0.2) is 6.10 Å². The molecule has 1 N–H and O–H groups in total. The number of amides is 1. The highest BCUT2D eigenvalue weighted by molar-refractivity contribution is 5.81. The van der Waals surface area contributed by atoms with Crippen molar-refractivity contribution in [1.29, 1.82) is 0 Å². The Morgan fingerprint density at radius 2 is 1.86 bits per heavy atom. The summed E-state index contributed by atoms with van der Waals surface area (Å²) < 4.78 is 17.5. The van der Waals surface area contributed by atoms with Gasteiger partial charge in [-0.05, 0) is 69.5 Å². The first-order valence-corrected chi connectivity index (χ1v) is 10.1. The van der Waals surface area contributed by atoms with Crippen molar-refractivity contribution in [1.82, 2.24) is 5.32 Å². The van der Waals surface area contributed by atoms with E-state index in [1.807, 2.05) is 65.0 Å². The highest BCUT2D eigenvalue weighted by Gasteiger charge is 2.36. The molecule has 0 saturated carbocycles. The van der Waals surface area contributed by atoms with Crippen LogP contribution < -0.4 is 19.5 Å². The number of carbonyl (C=O) groups excluding carboxylic acids is 1. The lowest BCUT2D eigenvalue weighted by Gasteiger charge is -2.38. The molecule has 2 atom stereocenters. The Morgan fingerprint density at radius 1 is 1.17 bits per heavy atom. The molecule has 0 aromatic heterocycles. The fourth-order valence-electron chi connectivity index (χ4n) is 3.84. The summed E-state index contributed by atoms with van der Waals surface area (Å²) in [6, 6.07) is 11.6. The van der Waals surface area contributed by atoms with Crippen molar-refractivity contribution in [2.75, 3.05) is 7.11 Å². The molecule has 0 radical (unpaired) electrons. The van der Waals surface area contributed by atoms with Gasteiger partial charge in [-0.1, -0.05) is 13.0 Å². The Morgan fingerprint density at radius 3 is 2.48 bits per heavy atom. The standard InChI is InChI=1S/C24H31NO4/c1-7-21(28-18-11-15(2)10-16(3)12-18)23(26)25-20-14-24(4,5)29-22-13-17(27-6)8-9-19(20)22/h8-13,20-21H,7,14H2,1-6H3,(H,25,26)/t20-,21-/m0/s1. The second-order valence-corrected chi connectivity index (χ2v) is 8.37. The van der Waals surface area contributed by atoms with Crippen LogP contribution >= 0.6 is 0 Å². The predicted octanol–water partition coefficient (Wildman–Crippen LogP) is 4.89. The van der Waals surface area contributed by atoms with Gasteiger partial charge in [-0.25, -0.2) is 0 Å². The molecule has 5 nitrogen and oxygen atoms in total. The van der Waals surface area contributed by atoms with Crippen molar-refractivity contribution >= 4 is 5.91 Å². The van der Waals surface area contributed by atoms with E-state index in [0.717, 1.165) is 33.9 Å². The fourth-order valence-corrected chi connectivity index (χ4v) is 3.84. The van der Waals surface area contributed by atoms with E-state index in [2.05, 4.69) is 11.4 Å². The van der Waals surface area contributed by atoms with Crippen LogP contribution in [-0.4, -0.2) is 24.7 Å². The summed E-state index contributed by atoms with van der Waals surface area (Å²) in [5.74, 6) is 2.09. The quantitative estimate of drug-likeness (QED) is 0.754. The van der Waals surface area contributed by atoms with Crippen LogP contribution in [0.5, 0.6) is 17.2 Å². The molecule has 156 valence electrons. The first-order chi connectivity index (χ1) is 13.7. The first-order valence-electron chi connectivity index (χ1n) is 10.1. The minimum Gasteiger partial charge on any atom is -0.497 e. The second-order valence-electron chi connectivity index (χ2n) is 8.37. The Labute approximate surface area is 173 Å². The lowest BCUT2D eigenvalue weighted by molar-refractivity contribution is -0.129. The fraction of sp³-hybridized carbons (Fsp3) is 0.458. The van der Waals surface area contributed by atoms with Crippen molar-refractivity contribution in [3.05, 3.63) is 53.1 Å². The number of ether oxygens (including phenoxy) is 3. The van der Waals surface area contributed by atoms with Gasteiger partial charge in [0, 0.05) is 18.1 Å². The Hall–Kier alpha value is -2.69. The van der Waals surface area contributed by atoms with Gasteiger partial charge in [0.2, 0.25) is 0 Å². The molecule has 0 saturated heterocycles. The summed E-state index contributed by atoms with van der Waals surface area (Å²) in [5.41, 5.74) is 2.79. The molecular formula is C24H31NO4. The van der Waals surface area contributed by atoms with Crippen LogP contribution in [0.2, 0.25) is 0 Å². The molecule has 5 heteroatoms. The summed E-state index contributed by atoms with van der Waals surface area (Å²) >= 11 is 0. The molecule has 1 aliphatic heterocycles. The van der Waals surface area contributed by atoms with Crippen molar-refractivity contribution < 1.29 is 19.0 Å². The van der Waals surface area contributed by atoms with Crippen molar-refractivity contribution in [3.8, 4) is 17.2 Å². The molecule has 0 unspecified atom stereocenters. The Kier molecular flexibility index (Phi) is 6.06. The highest BCUT2D eigenvalue weighted by Crippen LogP contribution is 2.41. The number of hydrogen-bond donors (Lipinski definition) is 1. The topological polar surface area (TPSA) is 56.8 Å². The third-order valence-corrected chi connectivity index (χ3v) is 5.13. The summed E-state index contributed by atoms with van der Waals surface area (Å²) in [6.07, 6.45) is 0.711. The van der Waals surface area contributed by atoms with E-state index >= 15 is 0 Å². The number of carbonyl (C=O) groups is 1. The molecule has 1 aliphatic rings. The molecule has 0 bridgehead atoms. The Bertz CT molecular complexity index is 870.